The number of halogens is 1. The number of methoxy groups -OCH3 is 1. The van der Waals surface area contributed by atoms with Crippen molar-refractivity contribution in [1.82, 2.24) is 14.8 Å². The van der Waals surface area contributed by atoms with Crippen LogP contribution in [0.2, 0.25) is 5.02 Å². The molecule has 1 aliphatic heterocycles. The summed E-state index contributed by atoms with van der Waals surface area (Å²) in [4.78, 5) is 17.9. The van der Waals surface area contributed by atoms with Crippen LogP contribution in [-0.4, -0.2) is 27.8 Å². The lowest BCUT2D eigenvalue weighted by Gasteiger charge is -2.29. The second kappa shape index (κ2) is 10.1. The first-order valence-corrected chi connectivity index (χ1v) is 11.7. The second-order valence-electron chi connectivity index (χ2n) is 8.23. The van der Waals surface area contributed by atoms with Crippen molar-refractivity contribution in [2.24, 2.45) is 0 Å². The number of fused-ring (bicyclic) bond motifs is 1. The van der Waals surface area contributed by atoms with Gasteiger partial charge in [0.1, 0.15) is 30.5 Å². The summed E-state index contributed by atoms with van der Waals surface area (Å²) in [6.45, 7) is 2.20. The molecular formula is C27H24ClN5O3. The van der Waals surface area contributed by atoms with E-state index in [1.54, 1.807) is 36.1 Å². The van der Waals surface area contributed by atoms with Crippen molar-refractivity contribution in [2.45, 2.75) is 19.6 Å². The minimum Gasteiger partial charge on any atom is -0.497 e. The number of benzene rings is 3. The average Bonchev–Trinajstić information content (AvgIpc) is 3.36. The lowest BCUT2D eigenvalue weighted by molar-refractivity contribution is -0.113. The highest BCUT2D eigenvalue weighted by atomic mass is 35.5. The van der Waals surface area contributed by atoms with E-state index < -0.39 is 6.04 Å². The van der Waals surface area contributed by atoms with Crippen molar-refractivity contribution in [2.75, 3.05) is 17.7 Å². The van der Waals surface area contributed by atoms with Gasteiger partial charge in [-0.1, -0.05) is 41.9 Å². The number of hydrogen-bond acceptors (Lipinski definition) is 6. The molecule has 3 aromatic carbocycles. The van der Waals surface area contributed by atoms with Gasteiger partial charge in [0.15, 0.2) is 0 Å². The quantitative estimate of drug-likeness (QED) is 0.350. The number of para-hydroxylation sites is 1. The summed E-state index contributed by atoms with van der Waals surface area (Å²) in [7, 11) is 1.60. The summed E-state index contributed by atoms with van der Waals surface area (Å²) in [5.41, 5.74) is 3.60. The number of carbonyl (C=O) groups is 1. The summed E-state index contributed by atoms with van der Waals surface area (Å²) >= 11 is 6.01. The molecule has 1 aliphatic rings. The van der Waals surface area contributed by atoms with Crippen molar-refractivity contribution in [3.05, 3.63) is 107 Å². The fraction of sp³-hybridized carbons (Fsp3) is 0.148. The Hall–Kier alpha value is -4.30. The van der Waals surface area contributed by atoms with Crippen LogP contribution in [0.4, 0.5) is 11.6 Å². The number of hydrogen-bond donors (Lipinski definition) is 2. The third kappa shape index (κ3) is 4.76. The number of allylic oxidation sites excluding steroid dienone is 1. The first-order chi connectivity index (χ1) is 17.5. The lowest BCUT2D eigenvalue weighted by Crippen LogP contribution is -2.31. The molecule has 0 spiro atoms. The monoisotopic (exact) mass is 501 g/mol. The molecule has 1 aromatic heterocycles. The van der Waals surface area contributed by atoms with Crippen LogP contribution in [-0.2, 0) is 11.4 Å². The third-order valence-corrected chi connectivity index (χ3v) is 6.16. The normalized spacial score (nSPS) is 14.6. The standard InChI is InChI=1S/C27H24ClN5O3/c1-17-24(26(34)32-20-11-13-21(35-2)14-12-20)25(33-27(31-17)29-16-30-33)22-5-3-4-6-23(22)36-15-18-7-9-19(28)10-8-18/h3-14,16,25H,15H2,1-2H3,(H,32,34)(H,29,30,31)/t25-/m1/s1. The fourth-order valence-electron chi connectivity index (χ4n) is 4.12. The van der Waals surface area contributed by atoms with Gasteiger partial charge >= 0.3 is 0 Å². The molecule has 0 bridgehead atoms. The number of aromatic nitrogens is 3. The maximum atomic E-state index is 13.6. The number of ether oxygens (including phenoxy) is 2. The van der Waals surface area contributed by atoms with Gasteiger partial charge in [-0.3, -0.25) is 4.79 Å². The molecule has 2 N–H and O–H groups in total. The zero-order chi connectivity index (χ0) is 25.1. The SMILES string of the molecule is COc1ccc(NC(=O)C2=C(C)Nc3ncnn3[C@@H]2c2ccccc2OCc2ccc(Cl)cc2)cc1. The van der Waals surface area contributed by atoms with E-state index in [-0.39, 0.29) is 5.91 Å². The Labute approximate surface area is 213 Å². The number of amides is 1. The summed E-state index contributed by atoms with van der Waals surface area (Å²) < 4.78 is 13.1. The Kier molecular flexibility index (Phi) is 6.60. The minimum atomic E-state index is -0.552. The van der Waals surface area contributed by atoms with E-state index in [4.69, 9.17) is 21.1 Å². The van der Waals surface area contributed by atoms with Crippen LogP contribution in [0, 0.1) is 0 Å². The highest BCUT2D eigenvalue weighted by Crippen LogP contribution is 2.39. The van der Waals surface area contributed by atoms with Gasteiger partial charge in [0, 0.05) is 22.0 Å². The molecule has 2 heterocycles. The molecule has 0 unspecified atom stereocenters. The topological polar surface area (TPSA) is 90.3 Å². The van der Waals surface area contributed by atoms with Gasteiger partial charge in [0.05, 0.1) is 12.7 Å². The number of nitrogens with zero attached hydrogens (tertiary/aromatic N) is 3. The van der Waals surface area contributed by atoms with Gasteiger partial charge in [-0.25, -0.2) is 4.68 Å². The van der Waals surface area contributed by atoms with E-state index in [2.05, 4.69) is 20.7 Å². The van der Waals surface area contributed by atoms with Gasteiger partial charge in [-0.2, -0.15) is 10.1 Å². The molecule has 182 valence electrons. The number of nitrogens with one attached hydrogen (secondary N) is 2. The summed E-state index contributed by atoms with van der Waals surface area (Å²) in [6, 6.07) is 21.8. The third-order valence-electron chi connectivity index (χ3n) is 5.91. The van der Waals surface area contributed by atoms with Crippen LogP contribution >= 0.6 is 11.6 Å². The number of anilines is 2. The van der Waals surface area contributed by atoms with Gasteiger partial charge in [0.2, 0.25) is 5.95 Å². The fourth-order valence-corrected chi connectivity index (χ4v) is 4.25. The molecule has 1 amide bonds. The first-order valence-electron chi connectivity index (χ1n) is 11.3. The zero-order valence-corrected chi connectivity index (χ0v) is 20.5. The van der Waals surface area contributed by atoms with Crippen molar-refractivity contribution < 1.29 is 14.3 Å². The highest BCUT2D eigenvalue weighted by Gasteiger charge is 2.35. The summed E-state index contributed by atoms with van der Waals surface area (Å²) in [5, 5.41) is 11.3. The Balaban J connectivity index is 1.49. The van der Waals surface area contributed by atoms with Crippen LogP contribution in [0.3, 0.4) is 0 Å². The number of carbonyl (C=O) groups excluding carboxylic acids is 1. The predicted molar refractivity (Wildman–Crippen MR) is 138 cm³/mol. The van der Waals surface area contributed by atoms with E-state index in [0.29, 0.717) is 46.0 Å². The highest BCUT2D eigenvalue weighted by molar-refractivity contribution is 6.30. The number of rotatable bonds is 7. The second-order valence-corrected chi connectivity index (χ2v) is 8.67. The molecule has 4 aromatic rings. The largest absolute Gasteiger partial charge is 0.497 e. The van der Waals surface area contributed by atoms with Gasteiger partial charge in [-0.15, -0.1) is 0 Å². The van der Waals surface area contributed by atoms with E-state index in [1.165, 1.54) is 6.33 Å². The Morgan fingerprint density at radius 3 is 2.58 bits per heavy atom. The molecule has 1 atom stereocenters. The van der Waals surface area contributed by atoms with Crippen LogP contribution < -0.4 is 20.1 Å². The molecule has 0 saturated heterocycles. The molecule has 8 nitrogen and oxygen atoms in total. The van der Waals surface area contributed by atoms with Crippen molar-refractivity contribution in [3.8, 4) is 11.5 Å². The van der Waals surface area contributed by atoms with Crippen LogP contribution in [0.15, 0.2) is 90.4 Å². The van der Waals surface area contributed by atoms with Crippen LogP contribution in [0.25, 0.3) is 0 Å². The van der Waals surface area contributed by atoms with Gasteiger partial charge in [0.25, 0.3) is 5.91 Å². The average molecular weight is 502 g/mol. The van der Waals surface area contributed by atoms with Gasteiger partial charge in [-0.05, 0) is 55.0 Å². The Bertz CT molecular complexity index is 1410. The Morgan fingerprint density at radius 1 is 1.08 bits per heavy atom. The van der Waals surface area contributed by atoms with E-state index in [9.17, 15) is 4.79 Å². The van der Waals surface area contributed by atoms with E-state index in [0.717, 1.165) is 11.1 Å². The van der Waals surface area contributed by atoms with Gasteiger partial charge < -0.3 is 20.1 Å². The molecular weight excluding hydrogens is 478 g/mol. The van der Waals surface area contributed by atoms with Crippen LogP contribution in [0.1, 0.15) is 24.1 Å². The van der Waals surface area contributed by atoms with Crippen molar-refractivity contribution >= 4 is 29.1 Å². The molecule has 0 fully saturated rings. The molecule has 5 rings (SSSR count). The van der Waals surface area contributed by atoms with Crippen LogP contribution in [0.5, 0.6) is 11.5 Å². The first kappa shape index (κ1) is 23.4. The van der Waals surface area contributed by atoms with E-state index >= 15 is 0 Å². The smallest absolute Gasteiger partial charge is 0.255 e. The summed E-state index contributed by atoms with van der Waals surface area (Å²) in [6.07, 6.45) is 1.46. The summed E-state index contributed by atoms with van der Waals surface area (Å²) in [5.74, 6) is 1.64. The minimum absolute atomic E-state index is 0.260. The Morgan fingerprint density at radius 2 is 1.83 bits per heavy atom. The van der Waals surface area contributed by atoms with Crippen molar-refractivity contribution in [3.63, 3.8) is 0 Å². The van der Waals surface area contributed by atoms with Crippen molar-refractivity contribution in [1.29, 1.82) is 0 Å². The molecule has 0 aliphatic carbocycles. The molecule has 9 heteroatoms. The predicted octanol–water partition coefficient (Wildman–Crippen LogP) is 5.45. The maximum absolute atomic E-state index is 13.6. The molecule has 0 radical (unpaired) electrons. The van der Waals surface area contributed by atoms with E-state index in [1.807, 2.05) is 55.5 Å². The molecule has 36 heavy (non-hydrogen) atoms. The molecule has 0 saturated carbocycles. The zero-order valence-electron chi connectivity index (χ0n) is 19.7. The lowest BCUT2D eigenvalue weighted by atomic mass is 9.94. The maximum Gasteiger partial charge on any atom is 0.255 e.